The van der Waals surface area contributed by atoms with Gasteiger partial charge in [0, 0.05) is 25.2 Å². The first kappa shape index (κ1) is 15.5. The van der Waals surface area contributed by atoms with E-state index in [1.807, 2.05) is 12.4 Å². The number of imidazole rings is 1. The molecule has 0 bridgehead atoms. The molecule has 3 aromatic heterocycles. The number of nitrogens with one attached hydrogen (secondary N) is 1. The van der Waals surface area contributed by atoms with Gasteiger partial charge < -0.3 is 14.5 Å². The smallest absolute Gasteiger partial charge is 0.253 e. The minimum Gasteiger partial charge on any atom is -0.345 e. The lowest BCUT2D eigenvalue weighted by Gasteiger charge is -2.11. The van der Waals surface area contributed by atoms with Crippen molar-refractivity contribution in [1.82, 2.24) is 34.6 Å². The molecule has 4 heterocycles. The maximum Gasteiger partial charge on any atom is 0.253 e. The van der Waals surface area contributed by atoms with Crippen molar-refractivity contribution in [2.24, 2.45) is 0 Å². The third-order valence-electron chi connectivity index (χ3n) is 5.49. The molecule has 0 spiro atoms. The molecule has 0 saturated heterocycles. The molecule has 3 aromatic rings. The van der Waals surface area contributed by atoms with Gasteiger partial charge in [0.15, 0.2) is 11.5 Å². The molecule has 0 unspecified atom stereocenters. The number of fused-ring (bicyclic) bond motifs is 2. The predicted octanol–water partition coefficient (Wildman–Crippen LogP) is 2.01. The van der Waals surface area contributed by atoms with Crippen molar-refractivity contribution in [3.05, 3.63) is 35.8 Å². The molecule has 5 rings (SSSR count). The Kier molecular flexibility index (Phi) is 3.69. The number of amides is 1. The van der Waals surface area contributed by atoms with E-state index in [2.05, 4.69) is 34.6 Å². The van der Waals surface area contributed by atoms with Gasteiger partial charge in [0.1, 0.15) is 11.3 Å². The van der Waals surface area contributed by atoms with E-state index in [0.717, 1.165) is 42.2 Å². The summed E-state index contributed by atoms with van der Waals surface area (Å²) in [6.45, 7) is 1.31. The third-order valence-corrected chi connectivity index (χ3v) is 5.49. The van der Waals surface area contributed by atoms with Crippen molar-refractivity contribution < 1.29 is 4.79 Å². The Morgan fingerprint density at radius 2 is 2.08 bits per heavy atom. The number of nitrogens with zero attached hydrogens (tertiary/aromatic N) is 6. The average molecular weight is 351 g/mol. The lowest BCUT2D eigenvalue weighted by atomic mass is 10.2. The first-order valence-electron chi connectivity index (χ1n) is 9.31. The summed E-state index contributed by atoms with van der Waals surface area (Å²) in [5.74, 6) is 1.66. The van der Waals surface area contributed by atoms with Crippen LogP contribution in [0.5, 0.6) is 0 Å². The maximum atomic E-state index is 12.5. The molecule has 1 saturated carbocycles. The predicted molar refractivity (Wildman–Crippen MR) is 94.5 cm³/mol. The Balaban J connectivity index is 1.32. The zero-order valence-corrected chi connectivity index (χ0v) is 14.6. The van der Waals surface area contributed by atoms with Crippen LogP contribution in [0, 0.1) is 0 Å². The van der Waals surface area contributed by atoms with E-state index in [1.165, 1.54) is 25.7 Å². The van der Waals surface area contributed by atoms with E-state index >= 15 is 0 Å². The molecule has 8 heteroatoms. The van der Waals surface area contributed by atoms with Gasteiger partial charge in [-0.25, -0.2) is 9.97 Å². The van der Waals surface area contributed by atoms with Gasteiger partial charge in [0.2, 0.25) is 0 Å². The van der Waals surface area contributed by atoms with Crippen molar-refractivity contribution in [1.29, 1.82) is 0 Å². The molecule has 26 heavy (non-hydrogen) atoms. The molecule has 1 aliphatic heterocycles. The van der Waals surface area contributed by atoms with Crippen LogP contribution in [0.15, 0.2) is 18.6 Å². The average Bonchev–Trinajstić information content (AvgIpc) is 3.43. The summed E-state index contributed by atoms with van der Waals surface area (Å²) < 4.78 is 4.24. The van der Waals surface area contributed by atoms with Crippen molar-refractivity contribution in [3.8, 4) is 0 Å². The lowest BCUT2D eigenvalue weighted by molar-refractivity contribution is 0.0949. The van der Waals surface area contributed by atoms with Crippen LogP contribution in [0.1, 0.15) is 60.2 Å². The highest BCUT2D eigenvalue weighted by Gasteiger charge is 2.21. The highest BCUT2D eigenvalue weighted by molar-refractivity contribution is 5.96. The van der Waals surface area contributed by atoms with Crippen LogP contribution in [-0.2, 0) is 19.5 Å². The normalized spacial score (nSPS) is 17.1. The van der Waals surface area contributed by atoms with Crippen molar-refractivity contribution in [3.63, 3.8) is 0 Å². The van der Waals surface area contributed by atoms with E-state index in [-0.39, 0.29) is 5.91 Å². The van der Waals surface area contributed by atoms with E-state index < -0.39 is 0 Å². The van der Waals surface area contributed by atoms with E-state index in [0.29, 0.717) is 18.2 Å². The molecule has 1 amide bonds. The first-order chi connectivity index (χ1) is 12.8. The second-order valence-corrected chi connectivity index (χ2v) is 7.13. The van der Waals surface area contributed by atoms with Crippen LogP contribution in [-0.4, -0.2) is 35.2 Å². The fraction of sp³-hybridized carbons (Fsp3) is 0.500. The van der Waals surface area contributed by atoms with Crippen LogP contribution in [0.4, 0.5) is 0 Å². The Hall–Kier alpha value is -2.77. The van der Waals surface area contributed by atoms with Crippen molar-refractivity contribution in [2.45, 2.75) is 57.7 Å². The SMILES string of the molecule is O=C(NCc1nnc2n1CCC2)c1cnc2c(c1)ncn2C1CCCC1. The van der Waals surface area contributed by atoms with Crippen LogP contribution >= 0.6 is 0 Å². The molecule has 2 aliphatic rings. The van der Waals surface area contributed by atoms with Gasteiger partial charge in [-0.05, 0) is 25.3 Å². The number of carbonyl (C=O) groups is 1. The summed E-state index contributed by atoms with van der Waals surface area (Å²) in [6, 6.07) is 2.30. The Morgan fingerprint density at radius 1 is 1.19 bits per heavy atom. The van der Waals surface area contributed by atoms with Gasteiger partial charge in [-0.2, -0.15) is 0 Å². The fourth-order valence-corrected chi connectivity index (χ4v) is 4.10. The van der Waals surface area contributed by atoms with Gasteiger partial charge in [-0.1, -0.05) is 12.8 Å². The number of rotatable bonds is 4. The van der Waals surface area contributed by atoms with Crippen LogP contribution < -0.4 is 5.32 Å². The summed E-state index contributed by atoms with van der Waals surface area (Å²) in [5.41, 5.74) is 2.16. The van der Waals surface area contributed by atoms with Crippen LogP contribution in [0.3, 0.4) is 0 Å². The minimum absolute atomic E-state index is 0.162. The zero-order valence-electron chi connectivity index (χ0n) is 14.6. The number of hydrogen-bond donors (Lipinski definition) is 1. The van der Waals surface area contributed by atoms with E-state index in [9.17, 15) is 4.79 Å². The monoisotopic (exact) mass is 351 g/mol. The van der Waals surface area contributed by atoms with Crippen LogP contribution in [0.2, 0.25) is 0 Å². The molecular formula is C18H21N7O. The molecule has 1 fully saturated rings. The zero-order chi connectivity index (χ0) is 17.5. The second kappa shape index (κ2) is 6.19. The summed E-state index contributed by atoms with van der Waals surface area (Å²) >= 11 is 0. The maximum absolute atomic E-state index is 12.5. The molecule has 0 aromatic carbocycles. The molecular weight excluding hydrogens is 330 g/mol. The lowest BCUT2D eigenvalue weighted by Crippen LogP contribution is -2.24. The first-order valence-corrected chi connectivity index (χ1v) is 9.31. The number of carbonyl (C=O) groups excluding carboxylic acids is 1. The summed E-state index contributed by atoms with van der Waals surface area (Å²) in [4.78, 5) is 21.5. The quantitative estimate of drug-likeness (QED) is 0.776. The van der Waals surface area contributed by atoms with Crippen LogP contribution in [0.25, 0.3) is 11.2 Å². The molecule has 1 N–H and O–H groups in total. The Labute approximate surface area is 150 Å². The van der Waals surface area contributed by atoms with Gasteiger partial charge in [0.05, 0.1) is 18.4 Å². The molecule has 0 atom stereocenters. The minimum atomic E-state index is -0.162. The summed E-state index contributed by atoms with van der Waals surface area (Å²) in [6.07, 6.45) is 10.4. The topological polar surface area (TPSA) is 90.5 Å². The molecule has 1 aliphatic carbocycles. The number of aryl methyl sites for hydroxylation is 1. The highest BCUT2D eigenvalue weighted by Crippen LogP contribution is 2.31. The van der Waals surface area contributed by atoms with Crippen molar-refractivity contribution in [2.75, 3.05) is 0 Å². The Morgan fingerprint density at radius 3 is 2.96 bits per heavy atom. The number of pyridine rings is 1. The number of aromatic nitrogens is 6. The molecule has 134 valence electrons. The largest absolute Gasteiger partial charge is 0.345 e. The van der Waals surface area contributed by atoms with E-state index in [4.69, 9.17) is 0 Å². The summed E-state index contributed by atoms with van der Waals surface area (Å²) in [5, 5.41) is 11.3. The fourth-order valence-electron chi connectivity index (χ4n) is 4.10. The van der Waals surface area contributed by atoms with Gasteiger partial charge in [-0.3, -0.25) is 4.79 Å². The third kappa shape index (κ3) is 2.56. The second-order valence-electron chi connectivity index (χ2n) is 7.13. The van der Waals surface area contributed by atoms with Gasteiger partial charge in [-0.15, -0.1) is 10.2 Å². The number of hydrogen-bond acceptors (Lipinski definition) is 5. The molecule has 8 nitrogen and oxygen atoms in total. The van der Waals surface area contributed by atoms with Gasteiger partial charge in [0.25, 0.3) is 5.91 Å². The van der Waals surface area contributed by atoms with E-state index in [1.54, 1.807) is 6.20 Å². The Bertz CT molecular complexity index is 967. The van der Waals surface area contributed by atoms with Crippen molar-refractivity contribution >= 4 is 17.1 Å². The standard InChI is InChI=1S/C18H21N7O/c26-18(20-10-16-23-22-15-6-3-7-24(15)16)12-8-14-17(19-9-12)25(11-21-14)13-4-1-2-5-13/h8-9,11,13H,1-7,10H2,(H,20,26). The highest BCUT2D eigenvalue weighted by atomic mass is 16.1. The van der Waals surface area contributed by atoms with Gasteiger partial charge >= 0.3 is 0 Å². The summed E-state index contributed by atoms with van der Waals surface area (Å²) in [7, 11) is 0. The molecule has 0 radical (unpaired) electrons.